The summed E-state index contributed by atoms with van der Waals surface area (Å²) in [6.45, 7) is 2.11. The van der Waals surface area contributed by atoms with Crippen LogP contribution in [-0.4, -0.2) is 33.1 Å². The highest BCUT2D eigenvalue weighted by atomic mass is 32.2. The molecule has 7 nitrogen and oxygen atoms in total. The van der Waals surface area contributed by atoms with E-state index in [9.17, 15) is 9.18 Å². The van der Waals surface area contributed by atoms with E-state index in [1.54, 1.807) is 26.2 Å². The molecular formula is C19H20FN5O2S. The summed E-state index contributed by atoms with van der Waals surface area (Å²) < 4.78 is 19.7. The molecule has 0 saturated heterocycles. The van der Waals surface area contributed by atoms with Crippen molar-refractivity contribution in [3.8, 4) is 17.1 Å². The van der Waals surface area contributed by atoms with Crippen molar-refractivity contribution in [3.05, 3.63) is 59.9 Å². The molecule has 0 saturated carbocycles. The van der Waals surface area contributed by atoms with Crippen molar-refractivity contribution in [2.24, 2.45) is 0 Å². The number of amides is 1. The molecule has 3 aromatic rings. The molecule has 0 aliphatic rings. The first kappa shape index (κ1) is 19.7. The molecule has 1 unspecified atom stereocenters. The van der Waals surface area contributed by atoms with Crippen molar-refractivity contribution < 1.29 is 13.9 Å². The number of benzene rings is 2. The van der Waals surface area contributed by atoms with E-state index in [4.69, 9.17) is 10.6 Å². The Kier molecular flexibility index (Phi) is 6.15. The van der Waals surface area contributed by atoms with Gasteiger partial charge >= 0.3 is 0 Å². The number of ether oxygens (including phenoxy) is 1. The van der Waals surface area contributed by atoms with Gasteiger partial charge in [0.05, 0.1) is 12.4 Å². The summed E-state index contributed by atoms with van der Waals surface area (Å²) in [5.74, 6) is 6.65. The number of para-hydroxylation sites is 1. The first-order valence-electron chi connectivity index (χ1n) is 8.52. The number of nitrogens with two attached hydrogens (primary N) is 1. The summed E-state index contributed by atoms with van der Waals surface area (Å²) in [5.41, 5.74) is 1.52. The Labute approximate surface area is 166 Å². The van der Waals surface area contributed by atoms with Crippen LogP contribution in [0.4, 0.5) is 4.39 Å². The molecule has 0 aliphatic carbocycles. The van der Waals surface area contributed by atoms with Gasteiger partial charge in [-0.3, -0.25) is 4.79 Å². The predicted octanol–water partition coefficient (Wildman–Crippen LogP) is 2.60. The minimum absolute atomic E-state index is 0.165. The second-order valence-electron chi connectivity index (χ2n) is 5.97. The molecule has 1 heterocycles. The first-order valence-corrected chi connectivity index (χ1v) is 9.40. The van der Waals surface area contributed by atoms with Crippen LogP contribution < -0.4 is 15.9 Å². The fourth-order valence-electron chi connectivity index (χ4n) is 2.54. The van der Waals surface area contributed by atoms with Gasteiger partial charge in [-0.1, -0.05) is 30.0 Å². The van der Waals surface area contributed by atoms with Crippen molar-refractivity contribution in [1.82, 2.24) is 20.2 Å². The van der Waals surface area contributed by atoms with E-state index in [0.717, 1.165) is 5.56 Å². The zero-order chi connectivity index (χ0) is 20.1. The number of rotatable bonds is 7. The number of halogens is 1. The maximum absolute atomic E-state index is 13.1. The monoisotopic (exact) mass is 401 g/mol. The second-order valence-corrected chi connectivity index (χ2v) is 7.28. The average Bonchev–Trinajstić information content (AvgIpc) is 3.07. The Morgan fingerprint density at radius 2 is 1.96 bits per heavy atom. The van der Waals surface area contributed by atoms with Gasteiger partial charge in [-0.05, 0) is 37.3 Å². The molecule has 0 radical (unpaired) electrons. The second kappa shape index (κ2) is 8.75. The van der Waals surface area contributed by atoms with Crippen molar-refractivity contribution in [3.63, 3.8) is 0 Å². The number of methoxy groups -OCH3 is 1. The third-order valence-electron chi connectivity index (χ3n) is 4.06. The molecule has 2 aromatic carbocycles. The van der Waals surface area contributed by atoms with Gasteiger partial charge in [0.1, 0.15) is 11.6 Å². The molecule has 0 fully saturated rings. The van der Waals surface area contributed by atoms with E-state index >= 15 is 0 Å². The lowest BCUT2D eigenvalue weighted by Crippen LogP contribution is -2.31. The van der Waals surface area contributed by atoms with Crippen molar-refractivity contribution >= 4 is 17.7 Å². The molecule has 1 atom stereocenters. The molecule has 0 bridgehead atoms. The molecule has 146 valence electrons. The molecule has 1 amide bonds. The van der Waals surface area contributed by atoms with E-state index < -0.39 is 5.25 Å². The number of hydrogen-bond acceptors (Lipinski definition) is 6. The third-order valence-corrected chi connectivity index (χ3v) is 5.12. The van der Waals surface area contributed by atoms with E-state index in [1.807, 2.05) is 24.3 Å². The standard InChI is InChI=1S/C19H20FN5O2S/c1-12(18(26)22-11-14-5-3-4-6-16(14)27-2)28-19-24-23-17(25(19)21)13-7-9-15(20)10-8-13/h3-10,12H,11,21H2,1-2H3,(H,22,26). The number of hydrogen-bond donors (Lipinski definition) is 2. The van der Waals surface area contributed by atoms with Gasteiger partial charge in [0, 0.05) is 17.7 Å². The number of carbonyl (C=O) groups is 1. The minimum atomic E-state index is -0.442. The van der Waals surface area contributed by atoms with E-state index in [-0.39, 0.29) is 11.7 Å². The van der Waals surface area contributed by atoms with Gasteiger partial charge in [0.2, 0.25) is 11.1 Å². The smallest absolute Gasteiger partial charge is 0.233 e. The molecule has 28 heavy (non-hydrogen) atoms. The number of nitrogens with one attached hydrogen (secondary N) is 1. The Morgan fingerprint density at radius 1 is 1.25 bits per heavy atom. The van der Waals surface area contributed by atoms with Gasteiger partial charge in [-0.2, -0.15) is 0 Å². The SMILES string of the molecule is COc1ccccc1CNC(=O)C(C)Sc1nnc(-c2ccc(F)cc2)n1N. The maximum atomic E-state index is 13.1. The van der Waals surface area contributed by atoms with Gasteiger partial charge in [0.25, 0.3) is 0 Å². The normalized spacial score (nSPS) is 11.8. The van der Waals surface area contributed by atoms with Crippen molar-refractivity contribution in [1.29, 1.82) is 0 Å². The van der Waals surface area contributed by atoms with Crippen LogP contribution in [0.25, 0.3) is 11.4 Å². The van der Waals surface area contributed by atoms with Crippen LogP contribution >= 0.6 is 11.8 Å². The highest BCUT2D eigenvalue weighted by Gasteiger charge is 2.20. The third kappa shape index (κ3) is 4.42. The molecule has 0 spiro atoms. The summed E-state index contributed by atoms with van der Waals surface area (Å²) in [6.07, 6.45) is 0. The topological polar surface area (TPSA) is 95.1 Å². The van der Waals surface area contributed by atoms with E-state index in [1.165, 1.54) is 28.6 Å². The lowest BCUT2D eigenvalue weighted by molar-refractivity contribution is -0.120. The molecule has 0 aliphatic heterocycles. The summed E-state index contributed by atoms with van der Waals surface area (Å²) in [6, 6.07) is 13.3. The highest BCUT2D eigenvalue weighted by Crippen LogP contribution is 2.25. The number of nitrogen functional groups attached to an aromatic ring is 1. The van der Waals surface area contributed by atoms with Crippen LogP contribution in [-0.2, 0) is 11.3 Å². The van der Waals surface area contributed by atoms with Crippen LogP contribution in [0.1, 0.15) is 12.5 Å². The number of aromatic nitrogens is 3. The fraction of sp³-hybridized carbons (Fsp3) is 0.211. The Bertz CT molecular complexity index is 961. The van der Waals surface area contributed by atoms with Crippen LogP contribution in [0.5, 0.6) is 5.75 Å². The number of thioether (sulfide) groups is 1. The van der Waals surface area contributed by atoms with Crippen LogP contribution in [0.2, 0.25) is 0 Å². The molecule has 1 aromatic heterocycles. The maximum Gasteiger partial charge on any atom is 0.233 e. The Morgan fingerprint density at radius 3 is 2.68 bits per heavy atom. The average molecular weight is 401 g/mol. The molecule has 9 heteroatoms. The summed E-state index contributed by atoms with van der Waals surface area (Å²) in [7, 11) is 1.59. The van der Waals surface area contributed by atoms with Crippen molar-refractivity contribution in [2.45, 2.75) is 23.9 Å². The van der Waals surface area contributed by atoms with Crippen LogP contribution in [0.15, 0.2) is 53.7 Å². The fourth-order valence-corrected chi connectivity index (χ4v) is 3.33. The Balaban J connectivity index is 1.63. The molecule has 3 N–H and O–H groups in total. The van der Waals surface area contributed by atoms with Crippen molar-refractivity contribution in [2.75, 3.05) is 13.0 Å². The van der Waals surface area contributed by atoms with Gasteiger partial charge in [-0.25, -0.2) is 9.07 Å². The number of nitrogens with zero attached hydrogens (tertiary/aromatic N) is 3. The van der Waals surface area contributed by atoms with Crippen LogP contribution in [0.3, 0.4) is 0 Å². The Hall–Kier alpha value is -3.07. The molecular weight excluding hydrogens is 381 g/mol. The van der Waals surface area contributed by atoms with Gasteiger partial charge < -0.3 is 15.9 Å². The molecule has 3 rings (SSSR count). The quantitative estimate of drug-likeness (QED) is 0.467. The zero-order valence-electron chi connectivity index (χ0n) is 15.4. The van der Waals surface area contributed by atoms with E-state index in [0.29, 0.717) is 28.8 Å². The largest absolute Gasteiger partial charge is 0.496 e. The van der Waals surface area contributed by atoms with Crippen LogP contribution in [0, 0.1) is 5.82 Å². The zero-order valence-corrected chi connectivity index (χ0v) is 16.2. The minimum Gasteiger partial charge on any atom is -0.496 e. The van der Waals surface area contributed by atoms with Gasteiger partial charge in [0.15, 0.2) is 5.82 Å². The number of carbonyl (C=O) groups excluding carboxylic acids is 1. The van der Waals surface area contributed by atoms with Gasteiger partial charge in [-0.15, -0.1) is 10.2 Å². The first-order chi connectivity index (χ1) is 13.5. The van der Waals surface area contributed by atoms with E-state index in [2.05, 4.69) is 15.5 Å². The predicted molar refractivity (Wildman–Crippen MR) is 106 cm³/mol. The summed E-state index contributed by atoms with van der Waals surface area (Å²) in [4.78, 5) is 12.4. The highest BCUT2D eigenvalue weighted by molar-refractivity contribution is 8.00. The summed E-state index contributed by atoms with van der Waals surface area (Å²) >= 11 is 1.19. The summed E-state index contributed by atoms with van der Waals surface area (Å²) in [5, 5.41) is 10.9. The lowest BCUT2D eigenvalue weighted by atomic mass is 10.2. The lowest BCUT2D eigenvalue weighted by Gasteiger charge is -2.13.